The second-order valence-corrected chi connectivity index (χ2v) is 8.17. The molecule has 1 fully saturated rings. The molecular weight excluding hydrogens is 341 g/mol. The molecule has 7 nitrogen and oxygen atoms in total. The van der Waals surface area contributed by atoms with Crippen molar-refractivity contribution in [3.63, 3.8) is 0 Å². The predicted molar refractivity (Wildman–Crippen MR) is 95.1 cm³/mol. The lowest BCUT2D eigenvalue weighted by molar-refractivity contribution is 0.176. The van der Waals surface area contributed by atoms with E-state index in [0.29, 0.717) is 26.1 Å². The van der Waals surface area contributed by atoms with Crippen molar-refractivity contribution in [1.29, 1.82) is 0 Å². The van der Waals surface area contributed by atoms with E-state index in [1.165, 1.54) is 0 Å². The molecule has 0 saturated carbocycles. The third-order valence-electron chi connectivity index (χ3n) is 4.49. The summed E-state index contributed by atoms with van der Waals surface area (Å²) < 4.78 is 15.8. The van der Waals surface area contributed by atoms with Gasteiger partial charge in [0.2, 0.25) is 0 Å². The summed E-state index contributed by atoms with van der Waals surface area (Å²) >= 11 is 1.64. The highest BCUT2D eigenvalue weighted by Crippen LogP contribution is 2.24. The van der Waals surface area contributed by atoms with Crippen LogP contribution in [0.25, 0.3) is 0 Å². The lowest BCUT2D eigenvalue weighted by Gasteiger charge is -2.27. The quantitative estimate of drug-likeness (QED) is 0.746. The average molecular weight is 367 g/mol. The minimum atomic E-state index is -0.765. The molecule has 2 atom stereocenters. The van der Waals surface area contributed by atoms with Crippen molar-refractivity contribution in [2.45, 2.75) is 58.5 Å². The minimum absolute atomic E-state index is 0.186. The van der Waals surface area contributed by atoms with Gasteiger partial charge in [0.05, 0.1) is 23.3 Å². The van der Waals surface area contributed by atoms with Crippen LogP contribution in [0.3, 0.4) is 0 Å². The molecule has 2 aromatic rings. The van der Waals surface area contributed by atoms with Gasteiger partial charge >= 0.3 is 0 Å². The average Bonchev–Trinajstić information content (AvgIpc) is 3.22. The van der Waals surface area contributed by atoms with E-state index < -0.39 is 6.17 Å². The van der Waals surface area contributed by atoms with Gasteiger partial charge in [-0.05, 0) is 44.7 Å². The maximum atomic E-state index is 14.0. The van der Waals surface area contributed by atoms with Crippen molar-refractivity contribution in [3.8, 4) is 0 Å². The van der Waals surface area contributed by atoms with E-state index in [2.05, 4.69) is 49.5 Å². The monoisotopic (exact) mass is 367 g/mol. The Bertz CT molecular complexity index is 686. The van der Waals surface area contributed by atoms with Gasteiger partial charge in [-0.25, -0.2) is 14.1 Å². The van der Waals surface area contributed by atoms with Gasteiger partial charge in [0, 0.05) is 31.1 Å². The topological polar surface area (TPSA) is 63.0 Å². The lowest BCUT2D eigenvalue weighted by atomic mass is 10.2. The first-order valence-corrected chi connectivity index (χ1v) is 9.54. The Kier molecular flexibility index (Phi) is 5.75. The van der Waals surface area contributed by atoms with Crippen LogP contribution in [0, 0.1) is 6.92 Å². The van der Waals surface area contributed by atoms with E-state index in [0.717, 1.165) is 23.1 Å². The highest BCUT2D eigenvalue weighted by Gasteiger charge is 2.33. The molecule has 1 aliphatic rings. The molecule has 0 aliphatic carbocycles. The van der Waals surface area contributed by atoms with Crippen LogP contribution < -0.4 is 0 Å². The van der Waals surface area contributed by atoms with Crippen molar-refractivity contribution in [3.05, 3.63) is 21.9 Å². The molecule has 25 heavy (non-hydrogen) atoms. The van der Waals surface area contributed by atoms with E-state index in [4.69, 9.17) is 0 Å². The third kappa shape index (κ3) is 4.59. The number of hydrogen-bond acceptors (Lipinski definition) is 7. The summed E-state index contributed by atoms with van der Waals surface area (Å²) in [5.41, 5.74) is 1.04. The number of aromatic nitrogens is 5. The number of aryl methyl sites for hydroxylation is 1. The summed E-state index contributed by atoms with van der Waals surface area (Å²) in [6.45, 7) is 8.76. The van der Waals surface area contributed by atoms with Crippen LogP contribution in [0.4, 0.5) is 4.39 Å². The Morgan fingerprint density at radius 3 is 2.92 bits per heavy atom. The third-order valence-corrected chi connectivity index (χ3v) is 5.31. The Balaban J connectivity index is 1.60. The van der Waals surface area contributed by atoms with Crippen molar-refractivity contribution < 1.29 is 4.39 Å². The molecule has 9 heteroatoms. The molecular formula is C16H26FN7S. The number of rotatable bonds is 7. The van der Waals surface area contributed by atoms with Crippen LogP contribution in [-0.4, -0.2) is 67.3 Å². The predicted octanol–water partition coefficient (Wildman–Crippen LogP) is 2.06. The van der Waals surface area contributed by atoms with Crippen molar-refractivity contribution in [2.75, 3.05) is 20.1 Å². The molecule has 138 valence electrons. The number of hydrogen-bond donors (Lipinski definition) is 0. The molecule has 0 N–H and O–H groups in total. The van der Waals surface area contributed by atoms with E-state index in [1.54, 1.807) is 11.3 Å². The summed E-state index contributed by atoms with van der Waals surface area (Å²) in [6.07, 6.45) is -0.193. The lowest BCUT2D eigenvalue weighted by Crippen LogP contribution is -2.38. The Morgan fingerprint density at radius 1 is 1.44 bits per heavy atom. The van der Waals surface area contributed by atoms with Gasteiger partial charge in [-0.3, -0.25) is 9.80 Å². The molecule has 0 radical (unpaired) electrons. The molecule has 3 heterocycles. The van der Waals surface area contributed by atoms with Crippen LogP contribution >= 0.6 is 11.3 Å². The normalized spacial score (nSPS) is 21.7. The largest absolute Gasteiger partial charge is 0.297 e. The Morgan fingerprint density at radius 2 is 2.24 bits per heavy atom. The van der Waals surface area contributed by atoms with Gasteiger partial charge in [0.25, 0.3) is 0 Å². The number of thiazole rings is 1. The molecule has 2 aromatic heterocycles. The first-order valence-electron chi connectivity index (χ1n) is 8.66. The van der Waals surface area contributed by atoms with E-state index in [9.17, 15) is 4.39 Å². The van der Waals surface area contributed by atoms with Crippen molar-refractivity contribution in [1.82, 2.24) is 35.0 Å². The molecule has 0 aromatic carbocycles. The smallest absolute Gasteiger partial charge is 0.165 e. The number of likely N-dealkylation sites (tertiary alicyclic amines) is 1. The Labute approximate surface area is 151 Å². The molecule has 0 spiro atoms. The second kappa shape index (κ2) is 7.84. The zero-order valence-electron chi connectivity index (χ0n) is 15.3. The van der Waals surface area contributed by atoms with Gasteiger partial charge in [-0.1, -0.05) is 0 Å². The molecule has 3 rings (SSSR count). The number of tetrazole rings is 1. The summed E-state index contributed by atoms with van der Waals surface area (Å²) in [5, 5.41) is 15.1. The first kappa shape index (κ1) is 18.3. The Hall–Kier alpha value is -1.45. The standard InChI is InChI=1S/C16H26FN7S/c1-11(2)24-16(19-20-21-24)9-22(4)8-15-5-13(17)6-23(15)7-14-10-25-12(3)18-14/h10-11,13,15H,5-9H2,1-4H3/t13-,15-/m0/s1. The van der Waals surface area contributed by atoms with Gasteiger partial charge in [0.15, 0.2) is 5.82 Å². The minimum Gasteiger partial charge on any atom is -0.297 e. The molecule has 0 bridgehead atoms. The zero-order chi connectivity index (χ0) is 18.0. The zero-order valence-corrected chi connectivity index (χ0v) is 16.1. The fourth-order valence-corrected chi connectivity index (χ4v) is 3.98. The van der Waals surface area contributed by atoms with E-state index >= 15 is 0 Å². The van der Waals surface area contributed by atoms with Gasteiger partial charge < -0.3 is 0 Å². The molecule has 1 aliphatic heterocycles. The summed E-state index contributed by atoms with van der Waals surface area (Å²) in [5.74, 6) is 0.842. The molecule has 0 amide bonds. The number of likely N-dealkylation sites (N-methyl/N-ethyl adjacent to an activating group) is 1. The van der Waals surface area contributed by atoms with E-state index in [-0.39, 0.29) is 12.1 Å². The van der Waals surface area contributed by atoms with Crippen LogP contribution in [0.1, 0.15) is 42.8 Å². The summed E-state index contributed by atoms with van der Waals surface area (Å²) in [6, 6.07) is 0.412. The van der Waals surface area contributed by atoms with Crippen LogP contribution in [0.2, 0.25) is 0 Å². The molecule has 1 saturated heterocycles. The first-order chi connectivity index (χ1) is 11.9. The van der Waals surface area contributed by atoms with Gasteiger partial charge in [-0.2, -0.15) is 0 Å². The maximum Gasteiger partial charge on any atom is 0.165 e. The van der Waals surface area contributed by atoms with Crippen LogP contribution in [-0.2, 0) is 13.1 Å². The number of halogens is 1. The summed E-state index contributed by atoms with van der Waals surface area (Å²) in [4.78, 5) is 8.90. The molecule has 0 unspecified atom stereocenters. The fourth-order valence-electron chi connectivity index (χ4n) is 3.38. The summed E-state index contributed by atoms with van der Waals surface area (Å²) in [7, 11) is 2.04. The highest BCUT2D eigenvalue weighted by atomic mass is 32.1. The van der Waals surface area contributed by atoms with E-state index in [1.807, 2.05) is 18.7 Å². The fraction of sp³-hybridized carbons (Fsp3) is 0.750. The van der Waals surface area contributed by atoms with Crippen molar-refractivity contribution in [2.24, 2.45) is 0 Å². The number of alkyl halides is 1. The van der Waals surface area contributed by atoms with Gasteiger partial charge in [0.1, 0.15) is 6.17 Å². The van der Waals surface area contributed by atoms with Crippen molar-refractivity contribution >= 4 is 11.3 Å². The van der Waals surface area contributed by atoms with Crippen LogP contribution in [0.15, 0.2) is 5.38 Å². The SMILES string of the molecule is Cc1nc(CN2C[C@@H](F)C[C@H]2CN(C)Cc2nnnn2C(C)C)cs1. The maximum absolute atomic E-state index is 14.0. The number of nitrogens with zero attached hydrogens (tertiary/aromatic N) is 7. The highest BCUT2D eigenvalue weighted by molar-refractivity contribution is 7.09. The van der Waals surface area contributed by atoms with Gasteiger partial charge in [-0.15, -0.1) is 16.4 Å². The van der Waals surface area contributed by atoms with Crippen LogP contribution in [0.5, 0.6) is 0 Å². The second-order valence-electron chi connectivity index (χ2n) is 7.10.